The van der Waals surface area contributed by atoms with E-state index in [0.717, 1.165) is 24.9 Å². The second kappa shape index (κ2) is 4.61. The third-order valence-electron chi connectivity index (χ3n) is 5.44. The molecule has 4 rings (SSSR count). The van der Waals surface area contributed by atoms with Crippen LogP contribution in [0.15, 0.2) is 36.0 Å². The Balaban J connectivity index is 1.81. The molecule has 2 aliphatic carbocycles. The number of hydrogen-bond acceptors (Lipinski definition) is 1. The molecule has 0 saturated heterocycles. The first-order chi connectivity index (χ1) is 10.6. The van der Waals surface area contributed by atoms with Gasteiger partial charge in [0.1, 0.15) is 0 Å². The number of aromatic nitrogens is 2. The molecule has 1 unspecified atom stereocenters. The van der Waals surface area contributed by atoms with Gasteiger partial charge in [0.05, 0.1) is 17.6 Å². The number of nitrogens with zero attached hydrogens (tertiary/aromatic N) is 2. The summed E-state index contributed by atoms with van der Waals surface area (Å²) in [6.07, 6.45) is 13.3. The first-order valence-electron chi connectivity index (χ1n) is 7.93. The Morgan fingerprint density at radius 1 is 1.32 bits per heavy atom. The van der Waals surface area contributed by atoms with E-state index in [2.05, 4.69) is 59.9 Å². The van der Waals surface area contributed by atoms with Crippen LogP contribution in [0.4, 0.5) is 0 Å². The third kappa shape index (κ3) is 1.78. The topological polar surface area (TPSA) is 17.8 Å². The van der Waals surface area contributed by atoms with Crippen LogP contribution in [0.3, 0.4) is 0 Å². The van der Waals surface area contributed by atoms with Crippen LogP contribution in [0, 0.1) is 30.6 Å². The smallest absolute Gasteiger partial charge is 0.0700 e. The van der Waals surface area contributed by atoms with Crippen molar-refractivity contribution in [2.75, 3.05) is 0 Å². The van der Waals surface area contributed by atoms with Gasteiger partial charge in [0.15, 0.2) is 0 Å². The molecule has 2 aromatic rings. The quantitative estimate of drug-likeness (QED) is 0.720. The summed E-state index contributed by atoms with van der Waals surface area (Å²) in [5.41, 5.74) is 6.56. The minimum atomic E-state index is 0.128. The van der Waals surface area contributed by atoms with E-state index in [1.54, 1.807) is 0 Å². The van der Waals surface area contributed by atoms with Gasteiger partial charge in [0.25, 0.3) is 0 Å². The maximum atomic E-state index is 5.76. The molecule has 1 aromatic carbocycles. The highest BCUT2D eigenvalue weighted by Gasteiger charge is 2.44. The number of terminal acetylenes is 1. The van der Waals surface area contributed by atoms with Gasteiger partial charge >= 0.3 is 0 Å². The Bertz CT molecular complexity index is 801. The molecule has 2 atom stereocenters. The van der Waals surface area contributed by atoms with Crippen LogP contribution >= 0.6 is 0 Å². The van der Waals surface area contributed by atoms with Gasteiger partial charge in [0, 0.05) is 11.3 Å². The highest BCUT2D eigenvalue weighted by Crippen LogP contribution is 2.52. The number of fused-ring (bicyclic) bond motifs is 2. The Morgan fingerprint density at radius 3 is 2.82 bits per heavy atom. The van der Waals surface area contributed by atoms with E-state index in [1.165, 1.54) is 22.4 Å². The van der Waals surface area contributed by atoms with Crippen molar-refractivity contribution in [1.29, 1.82) is 0 Å². The maximum Gasteiger partial charge on any atom is 0.0700 e. The van der Waals surface area contributed by atoms with E-state index < -0.39 is 0 Å². The summed E-state index contributed by atoms with van der Waals surface area (Å²) in [5.74, 6) is 3.37. The number of aryl methyl sites for hydroxylation is 1. The predicted octanol–water partition coefficient (Wildman–Crippen LogP) is 4.17. The molecule has 2 heteroatoms. The number of rotatable bonds is 1. The molecule has 110 valence electrons. The lowest BCUT2D eigenvalue weighted by Gasteiger charge is -2.33. The lowest BCUT2D eigenvalue weighted by molar-refractivity contribution is 0.335. The normalized spacial score (nSPS) is 26.0. The van der Waals surface area contributed by atoms with Crippen LogP contribution in [-0.4, -0.2) is 9.78 Å². The average Bonchev–Trinajstić information content (AvgIpc) is 3.05. The third-order valence-corrected chi connectivity index (χ3v) is 5.44. The Labute approximate surface area is 131 Å². The first kappa shape index (κ1) is 13.4. The van der Waals surface area contributed by atoms with Gasteiger partial charge in [0.2, 0.25) is 0 Å². The minimum Gasteiger partial charge on any atom is -0.233 e. The van der Waals surface area contributed by atoms with Crippen molar-refractivity contribution in [2.45, 2.75) is 33.1 Å². The predicted molar refractivity (Wildman–Crippen MR) is 89.6 cm³/mol. The fraction of sp³-hybridized carbons (Fsp3) is 0.350. The van der Waals surface area contributed by atoms with Crippen LogP contribution in [-0.2, 0) is 6.42 Å². The molecule has 0 spiro atoms. The molecule has 0 amide bonds. The van der Waals surface area contributed by atoms with Crippen LogP contribution in [0.25, 0.3) is 11.8 Å². The molecular formula is C20H20N2. The molecule has 0 radical (unpaired) electrons. The highest BCUT2D eigenvalue weighted by molar-refractivity contribution is 5.62. The lowest BCUT2D eigenvalue weighted by Crippen LogP contribution is -2.28. The van der Waals surface area contributed by atoms with Crippen molar-refractivity contribution in [3.8, 4) is 18.0 Å². The average molecular weight is 288 g/mol. The summed E-state index contributed by atoms with van der Waals surface area (Å²) in [7, 11) is 0. The van der Waals surface area contributed by atoms with E-state index in [4.69, 9.17) is 6.42 Å². The number of benzene rings is 1. The molecule has 0 aliphatic heterocycles. The molecular weight excluding hydrogens is 268 g/mol. The van der Waals surface area contributed by atoms with Crippen molar-refractivity contribution in [1.82, 2.24) is 9.78 Å². The van der Waals surface area contributed by atoms with Gasteiger partial charge < -0.3 is 0 Å². The van der Waals surface area contributed by atoms with Crippen molar-refractivity contribution in [3.63, 3.8) is 0 Å². The van der Waals surface area contributed by atoms with Gasteiger partial charge in [-0.05, 0) is 50.0 Å². The van der Waals surface area contributed by atoms with Crippen molar-refractivity contribution < 1.29 is 0 Å². The molecule has 0 bridgehead atoms. The molecule has 0 N–H and O–H groups in total. The summed E-state index contributed by atoms with van der Waals surface area (Å²) in [5, 5.41) is 4.63. The second-order valence-electron chi connectivity index (χ2n) is 6.82. The SMILES string of the molecule is C#C[C@H]1CCC2=Cc3c(cnn3-c3ccc(C)cc3)CC21C. The van der Waals surface area contributed by atoms with Gasteiger partial charge in [-0.2, -0.15) is 5.10 Å². The van der Waals surface area contributed by atoms with Crippen LogP contribution in [0.2, 0.25) is 0 Å². The van der Waals surface area contributed by atoms with E-state index in [1.807, 2.05) is 6.20 Å². The van der Waals surface area contributed by atoms with E-state index in [-0.39, 0.29) is 5.41 Å². The van der Waals surface area contributed by atoms with Crippen LogP contribution < -0.4 is 0 Å². The number of allylic oxidation sites excluding steroid dienone is 1. The summed E-state index contributed by atoms with van der Waals surface area (Å²) in [6.45, 7) is 4.43. The fourth-order valence-electron chi connectivity index (χ4n) is 4.00. The van der Waals surface area contributed by atoms with Gasteiger partial charge in [-0.15, -0.1) is 12.3 Å². The largest absolute Gasteiger partial charge is 0.233 e. The maximum absolute atomic E-state index is 5.76. The molecule has 22 heavy (non-hydrogen) atoms. The van der Waals surface area contributed by atoms with Crippen molar-refractivity contribution in [2.24, 2.45) is 11.3 Å². The standard InChI is InChI=1S/C20H20N2/c1-4-16-7-8-17-11-19-15(12-20(16,17)3)13-21-22(19)18-9-5-14(2)6-10-18/h1,5-6,9-11,13,16H,7-8,12H2,2-3H3/t16-,20?/m0/s1. The van der Waals surface area contributed by atoms with E-state index >= 15 is 0 Å². The summed E-state index contributed by atoms with van der Waals surface area (Å²) < 4.78 is 2.06. The summed E-state index contributed by atoms with van der Waals surface area (Å²) >= 11 is 0. The number of hydrogen-bond donors (Lipinski definition) is 0. The molecule has 1 fully saturated rings. The molecule has 1 aromatic heterocycles. The molecule has 1 heterocycles. The van der Waals surface area contributed by atoms with Gasteiger partial charge in [-0.3, -0.25) is 0 Å². The minimum absolute atomic E-state index is 0.128. The van der Waals surface area contributed by atoms with Crippen LogP contribution in [0.1, 0.15) is 36.6 Å². The zero-order valence-electron chi connectivity index (χ0n) is 13.1. The molecule has 2 aliphatic rings. The second-order valence-corrected chi connectivity index (χ2v) is 6.82. The Kier molecular flexibility index (Phi) is 2.81. The summed E-state index contributed by atoms with van der Waals surface area (Å²) in [6, 6.07) is 8.53. The zero-order valence-corrected chi connectivity index (χ0v) is 13.1. The Morgan fingerprint density at radius 2 is 2.09 bits per heavy atom. The van der Waals surface area contributed by atoms with Crippen molar-refractivity contribution in [3.05, 3.63) is 52.9 Å². The highest BCUT2D eigenvalue weighted by atomic mass is 15.3. The first-order valence-corrected chi connectivity index (χ1v) is 7.93. The Hall–Kier alpha value is -2.27. The van der Waals surface area contributed by atoms with Crippen LogP contribution in [0.5, 0.6) is 0 Å². The lowest BCUT2D eigenvalue weighted by atomic mass is 9.70. The molecule has 1 saturated carbocycles. The van der Waals surface area contributed by atoms with Gasteiger partial charge in [-0.1, -0.05) is 30.2 Å². The zero-order chi connectivity index (χ0) is 15.3. The van der Waals surface area contributed by atoms with Crippen molar-refractivity contribution >= 4 is 6.08 Å². The molecule has 2 nitrogen and oxygen atoms in total. The summed E-state index contributed by atoms with van der Waals surface area (Å²) in [4.78, 5) is 0. The van der Waals surface area contributed by atoms with E-state index in [9.17, 15) is 0 Å². The monoisotopic (exact) mass is 288 g/mol. The van der Waals surface area contributed by atoms with E-state index in [0.29, 0.717) is 5.92 Å². The van der Waals surface area contributed by atoms with Gasteiger partial charge in [-0.25, -0.2) is 4.68 Å². The fourth-order valence-corrected chi connectivity index (χ4v) is 4.00.